The van der Waals surface area contributed by atoms with Crippen LogP contribution in [0.1, 0.15) is 4.88 Å². The maximum absolute atomic E-state index is 5.91. The number of aromatic nitrogens is 1. The van der Waals surface area contributed by atoms with Crippen molar-refractivity contribution >= 4 is 33.0 Å². The fraction of sp³-hybridized carbons (Fsp3) is 0.125. The smallest absolute Gasteiger partial charge is 0.0676 e. The summed E-state index contributed by atoms with van der Waals surface area (Å²) >= 11 is 7.63. The van der Waals surface area contributed by atoms with Gasteiger partial charge in [-0.2, -0.15) is 0 Å². The van der Waals surface area contributed by atoms with Crippen molar-refractivity contribution in [3.05, 3.63) is 28.4 Å². The quantitative estimate of drug-likeness (QED) is 0.611. The Morgan fingerprint density at radius 2 is 2.27 bits per heavy atom. The Morgan fingerprint density at radius 1 is 1.45 bits per heavy atom. The van der Waals surface area contributed by atoms with E-state index in [4.69, 9.17) is 11.6 Å². The second-order valence-corrected chi connectivity index (χ2v) is 4.09. The maximum Gasteiger partial charge on any atom is 0.0676 e. The van der Waals surface area contributed by atoms with Crippen LogP contribution in [0.3, 0.4) is 0 Å². The van der Waals surface area contributed by atoms with Gasteiger partial charge in [0.05, 0.1) is 9.72 Å². The summed E-state index contributed by atoms with van der Waals surface area (Å²) in [5.41, 5.74) is 0. The van der Waals surface area contributed by atoms with E-state index < -0.39 is 0 Å². The van der Waals surface area contributed by atoms with Gasteiger partial charge in [0.1, 0.15) is 0 Å². The molecule has 0 unspecified atom stereocenters. The molecule has 0 amide bonds. The van der Waals surface area contributed by atoms with Gasteiger partial charge >= 0.3 is 0 Å². The lowest BCUT2D eigenvalue weighted by Gasteiger charge is -1.88. The summed E-state index contributed by atoms with van der Waals surface area (Å²) in [4.78, 5) is 5.28. The first-order valence-corrected chi connectivity index (χ1v) is 4.46. The zero-order chi connectivity index (χ0) is 7.84. The van der Waals surface area contributed by atoms with E-state index in [0.29, 0.717) is 0 Å². The summed E-state index contributed by atoms with van der Waals surface area (Å²) in [6.07, 6.45) is 3.52. The summed E-state index contributed by atoms with van der Waals surface area (Å²) in [6.45, 7) is 2.07. The van der Waals surface area contributed by atoms with Gasteiger partial charge < -0.3 is 0 Å². The van der Waals surface area contributed by atoms with Crippen LogP contribution in [0.4, 0.5) is 0 Å². The Hall–Kier alpha value is -0.600. The molecule has 56 valence electrons. The molecule has 0 N–H and O–H groups in total. The average Bonchev–Trinajstić information content (AvgIpc) is 2.31. The molecular weight excluding hydrogens is 178 g/mol. The van der Waals surface area contributed by atoms with E-state index in [0.717, 1.165) is 15.1 Å². The fourth-order valence-corrected chi connectivity index (χ4v) is 2.24. The second kappa shape index (κ2) is 2.47. The average molecular weight is 184 g/mol. The number of thiophene rings is 1. The number of pyridine rings is 1. The largest absolute Gasteiger partial charge is 0.262 e. The lowest BCUT2D eigenvalue weighted by molar-refractivity contribution is 1.37. The minimum atomic E-state index is 0.742. The number of fused-ring (bicyclic) bond motifs is 1. The van der Waals surface area contributed by atoms with Crippen molar-refractivity contribution < 1.29 is 0 Å². The van der Waals surface area contributed by atoms with Crippen molar-refractivity contribution in [2.45, 2.75) is 6.92 Å². The summed E-state index contributed by atoms with van der Waals surface area (Å²) < 4.78 is 1.16. The third-order valence-electron chi connectivity index (χ3n) is 1.52. The van der Waals surface area contributed by atoms with Crippen LogP contribution in [0.2, 0.25) is 5.02 Å². The highest BCUT2D eigenvalue weighted by atomic mass is 35.5. The van der Waals surface area contributed by atoms with Crippen LogP contribution in [0.15, 0.2) is 18.5 Å². The van der Waals surface area contributed by atoms with Crippen LogP contribution in [0.5, 0.6) is 0 Å². The summed E-state index contributed by atoms with van der Waals surface area (Å²) in [6, 6.07) is 2.09. The molecule has 0 radical (unpaired) electrons. The van der Waals surface area contributed by atoms with Gasteiger partial charge in [0, 0.05) is 22.7 Å². The standard InChI is InChI=1S/C8H6ClNS/c1-5-2-6-7(9)3-10-4-8(6)11-5/h2-4H,1H3. The SMILES string of the molecule is Cc1cc2c(Cl)cncc2s1. The van der Waals surface area contributed by atoms with Gasteiger partial charge in [0.2, 0.25) is 0 Å². The van der Waals surface area contributed by atoms with Gasteiger partial charge in [-0.05, 0) is 13.0 Å². The highest BCUT2D eigenvalue weighted by Crippen LogP contribution is 2.29. The zero-order valence-corrected chi connectivity index (χ0v) is 7.54. The summed E-state index contributed by atoms with van der Waals surface area (Å²) in [5.74, 6) is 0. The highest BCUT2D eigenvalue weighted by Gasteiger charge is 2.01. The Labute approximate surface area is 73.6 Å². The third-order valence-corrected chi connectivity index (χ3v) is 2.81. The molecule has 0 saturated heterocycles. The molecule has 2 heterocycles. The van der Waals surface area contributed by atoms with E-state index in [1.165, 1.54) is 4.88 Å². The predicted octanol–water partition coefficient (Wildman–Crippen LogP) is 3.26. The Morgan fingerprint density at radius 3 is 3.00 bits per heavy atom. The molecule has 0 spiro atoms. The lowest BCUT2D eigenvalue weighted by Crippen LogP contribution is -1.69. The molecule has 0 aliphatic carbocycles. The normalized spacial score (nSPS) is 10.7. The van der Waals surface area contributed by atoms with Crippen molar-refractivity contribution in [2.24, 2.45) is 0 Å². The Kier molecular flexibility index (Phi) is 1.59. The van der Waals surface area contributed by atoms with Crippen molar-refractivity contribution in [1.82, 2.24) is 4.98 Å². The molecule has 0 aliphatic rings. The molecule has 2 aromatic heterocycles. The second-order valence-electron chi connectivity index (χ2n) is 2.39. The van der Waals surface area contributed by atoms with Gasteiger partial charge in [0.15, 0.2) is 0 Å². The minimum Gasteiger partial charge on any atom is -0.262 e. The van der Waals surface area contributed by atoms with Crippen molar-refractivity contribution in [1.29, 1.82) is 0 Å². The van der Waals surface area contributed by atoms with Crippen LogP contribution < -0.4 is 0 Å². The van der Waals surface area contributed by atoms with Crippen molar-refractivity contribution in [3.8, 4) is 0 Å². The molecule has 0 bridgehead atoms. The van der Waals surface area contributed by atoms with Crippen LogP contribution in [0, 0.1) is 6.92 Å². The lowest BCUT2D eigenvalue weighted by atomic mass is 10.3. The monoisotopic (exact) mass is 183 g/mol. The predicted molar refractivity (Wildman–Crippen MR) is 49.4 cm³/mol. The molecule has 0 aromatic carbocycles. The number of halogens is 1. The molecule has 2 aromatic rings. The van der Waals surface area contributed by atoms with Gasteiger partial charge in [-0.3, -0.25) is 4.98 Å². The number of nitrogens with zero attached hydrogens (tertiary/aromatic N) is 1. The van der Waals surface area contributed by atoms with Crippen LogP contribution in [-0.4, -0.2) is 4.98 Å². The maximum atomic E-state index is 5.91. The number of rotatable bonds is 0. The highest BCUT2D eigenvalue weighted by molar-refractivity contribution is 7.19. The molecule has 0 atom stereocenters. The molecule has 0 aliphatic heterocycles. The van der Waals surface area contributed by atoms with E-state index in [-0.39, 0.29) is 0 Å². The molecule has 3 heteroatoms. The molecular formula is C8H6ClNS. The van der Waals surface area contributed by atoms with E-state index in [2.05, 4.69) is 18.0 Å². The fourth-order valence-electron chi connectivity index (χ4n) is 1.05. The molecule has 0 saturated carbocycles. The zero-order valence-electron chi connectivity index (χ0n) is 5.97. The minimum absolute atomic E-state index is 0.742. The van der Waals surface area contributed by atoms with Gasteiger partial charge in [-0.15, -0.1) is 11.3 Å². The van der Waals surface area contributed by atoms with E-state index in [9.17, 15) is 0 Å². The van der Waals surface area contributed by atoms with E-state index in [1.807, 2.05) is 6.20 Å². The third kappa shape index (κ3) is 1.12. The van der Waals surface area contributed by atoms with Crippen molar-refractivity contribution in [2.75, 3.05) is 0 Å². The molecule has 2 rings (SSSR count). The van der Waals surface area contributed by atoms with Crippen LogP contribution >= 0.6 is 22.9 Å². The Balaban J connectivity index is 2.90. The van der Waals surface area contributed by atoms with Crippen molar-refractivity contribution in [3.63, 3.8) is 0 Å². The van der Waals surface area contributed by atoms with Crippen LogP contribution in [-0.2, 0) is 0 Å². The molecule has 1 nitrogen and oxygen atoms in total. The number of hydrogen-bond donors (Lipinski definition) is 0. The number of aryl methyl sites for hydroxylation is 1. The first-order chi connectivity index (χ1) is 5.27. The van der Waals surface area contributed by atoms with Gasteiger partial charge in [-0.25, -0.2) is 0 Å². The Bertz CT molecular complexity index is 394. The number of hydrogen-bond acceptors (Lipinski definition) is 2. The first kappa shape index (κ1) is 7.07. The van der Waals surface area contributed by atoms with E-state index in [1.54, 1.807) is 17.5 Å². The van der Waals surface area contributed by atoms with Gasteiger partial charge in [-0.1, -0.05) is 11.6 Å². The molecule has 11 heavy (non-hydrogen) atoms. The topological polar surface area (TPSA) is 12.9 Å². The van der Waals surface area contributed by atoms with Crippen LogP contribution in [0.25, 0.3) is 10.1 Å². The first-order valence-electron chi connectivity index (χ1n) is 3.27. The molecule has 0 fully saturated rings. The van der Waals surface area contributed by atoms with E-state index >= 15 is 0 Å². The summed E-state index contributed by atoms with van der Waals surface area (Å²) in [7, 11) is 0. The summed E-state index contributed by atoms with van der Waals surface area (Å²) in [5, 5.41) is 1.86. The van der Waals surface area contributed by atoms with Gasteiger partial charge in [0.25, 0.3) is 0 Å².